The summed E-state index contributed by atoms with van der Waals surface area (Å²) in [6.07, 6.45) is 10.9. The van der Waals surface area contributed by atoms with Crippen LogP contribution in [0.2, 0.25) is 0 Å². The molecule has 0 amide bonds. The summed E-state index contributed by atoms with van der Waals surface area (Å²) in [5, 5.41) is 1.57. The van der Waals surface area contributed by atoms with E-state index in [4.69, 9.17) is 5.73 Å². The van der Waals surface area contributed by atoms with E-state index in [9.17, 15) is 4.39 Å². The summed E-state index contributed by atoms with van der Waals surface area (Å²) in [5.74, 6) is 0.300. The van der Waals surface area contributed by atoms with Crippen LogP contribution in [-0.2, 0) is 0 Å². The van der Waals surface area contributed by atoms with Crippen molar-refractivity contribution < 1.29 is 4.39 Å². The van der Waals surface area contributed by atoms with Crippen molar-refractivity contribution in [1.82, 2.24) is 9.55 Å². The fraction of sp³-hybridized carbons (Fsp3) is 0.0588. The molecular weight excluding hydrogens is 279 g/mol. The Bertz CT molecular complexity index is 877. The summed E-state index contributed by atoms with van der Waals surface area (Å²) in [5.41, 5.74) is 6.71. The molecule has 0 fully saturated rings. The lowest BCUT2D eigenvalue weighted by atomic mass is 10.1. The van der Waals surface area contributed by atoms with Crippen molar-refractivity contribution in [3.63, 3.8) is 0 Å². The van der Waals surface area contributed by atoms with Gasteiger partial charge in [-0.15, -0.1) is 0 Å². The van der Waals surface area contributed by atoms with Crippen molar-refractivity contribution in [3.8, 4) is 5.82 Å². The van der Waals surface area contributed by atoms with Gasteiger partial charge in [0, 0.05) is 36.4 Å². The third-order valence-electron chi connectivity index (χ3n) is 3.31. The largest absolute Gasteiger partial charge is 0.396 e. The SMILES string of the molecule is CC=N/C=C\c1ccn(-c2cc3cc(F)c(N)cc3cn2)c1. The first-order chi connectivity index (χ1) is 10.7. The fourth-order valence-electron chi connectivity index (χ4n) is 2.18. The van der Waals surface area contributed by atoms with Gasteiger partial charge in [-0.25, -0.2) is 9.37 Å². The lowest BCUT2D eigenvalue weighted by Crippen LogP contribution is -1.95. The maximum absolute atomic E-state index is 13.6. The number of rotatable bonds is 3. The second kappa shape index (κ2) is 5.81. The molecule has 22 heavy (non-hydrogen) atoms. The van der Waals surface area contributed by atoms with Crippen LogP contribution in [0.25, 0.3) is 22.7 Å². The number of nitrogen functional groups attached to an aromatic ring is 1. The average Bonchev–Trinajstić information content (AvgIpc) is 2.97. The summed E-state index contributed by atoms with van der Waals surface area (Å²) in [6, 6.07) is 6.80. The molecule has 3 rings (SSSR count). The van der Waals surface area contributed by atoms with Crippen LogP contribution in [-0.4, -0.2) is 15.8 Å². The van der Waals surface area contributed by atoms with Crippen LogP contribution in [0.4, 0.5) is 10.1 Å². The Balaban J connectivity index is 1.98. The fourth-order valence-corrected chi connectivity index (χ4v) is 2.18. The smallest absolute Gasteiger partial charge is 0.146 e. The zero-order valence-corrected chi connectivity index (χ0v) is 12.1. The molecule has 0 saturated carbocycles. The van der Waals surface area contributed by atoms with Crippen LogP contribution in [0.15, 0.2) is 54.0 Å². The molecule has 0 aliphatic heterocycles. The zero-order chi connectivity index (χ0) is 15.5. The minimum atomic E-state index is -0.418. The Kier molecular flexibility index (Phi) is 3.70. The average molecular weight is 294 g/mol. The first-order valence-corrected chi connectivity index (χ1v) is 6.85. The van der Waals surface area contributed by atoms with Gasteiger partial charge in [-0.05, 0) is 48.2 Å². The molecule has 0 atom stereocenters. The zero-order valence-electron chi connectivity index (χ0n) is 12.1. The van der Waals surface area contributed by atoms with Crippen LogP contribution in [0.1, 0.15) is 12.5 Å². The second-order valence-corrected chi connectivity index (χ2v) is 4.84. The van der Waals surface area contributed by atoms with Crippen LogP contribution in [0.5, 0.6) is 0 Å². The Hall–Kier alpha value is -2.95. The highest BCUT2D eigenvalue weighted by molar-refractivity contribution is 5.86. The highest BCUT2D eigenvalue weighted by Gasteiger charge is 2.05. The molecule has 5 heteroatoms. The molecule has 2 N–H and O–H groups in total. The van der Waals surface area contributed by atoms with Crippen molar-refractivity contribution >= 4 is 28.8 Å². The van der Waals surface area contributed by atoms with E-state index in [1.807, 2.05) is 42.1 Å². The Morgan fingerprint density at radius 2 is 2.14 bits per heavy atom. The molecule has 0 saturated heterocycles. The lowest BCUT2D eigenvalue weighted by Gasteiger charge is -2.05. The van der Waals surface area contributed by atoms with E-state index in [1.54, 1.807) is 24.7 Å². The molecule has 0 unspecified atom stereocenters. The Labute approximate surface area is 127 Å². The van der Waals surface area contributed by atoms with Gasteiger partial charge in [0.2, 0.25) is 0 Å². The number of hydrogen-bond donors (Lipinski definition) is 1. The quantitative estimate of drug-likeness (QED) is 0.590. The van der Waals surface area contributed by atoms with Gasteiger partial charge in [0.15, 0.2) is 0 Å². The standard InChI is InChI=1S/C17H15FN4/c1-2-20-5-3-12-4-6-22(11-12)17-9-13-7-15(18)16(19)8-14(13)10-21-17/h2-11H,19H2,1H3/b5-3-,20-2?. The van der Waals surface area contributed by atoms with E-state index >= 15 is 0 Å². The normalized spacial score (nSPS) is 11.9. The first-order valence-electron chi connectivity index (χ1n) is 6.85. The summed E-state index contributed by atoms with van der Waals surface area (Å²) < 4.78 is 15.5. The van der Waals surface area contributed by atoms with E-state index < -0.39 is 5.82 Å². The van der Waals surface area contributed by atoms with E-state index in [-0.39, 0.29) is 5.69 Å². The number of benzene rings is 1. The van der Waals surface area contributed by atoms with Gasteiger partial charge in [-0.3, -0.25) is 4.99 Å². The van der Waals surface area contributed by atoms with Crippen LogP contribution < -0.4 is 5.73 Å². The molecule has 3 aromatic rings. The predicted molar refractivity (Wildman–Crippen MR) is 88.6 cm³/mol. The molecule has 4 nitrogen and oxygen atoms in total. The number of halogens is 1. The number of nitrogens with zero attached hydrogens (tertiary/aromatic N) is 3. The van der Waals surface area contributed by atoms with Gasteiger partial charge < -0.3 is 10.3 Å². The van der Waals surface area contributed by atoms with Gasteiger partial charge in [0.1, 0.15) is 11.6 Å². The first kappa shape index (κ1) is 14.0. The van der Waals surface area contributed by atoms with Gasteiger partial charge >= 0.3 is 0 Å². The number of aromatic nitrogens is 2. The molecule has 0 spiro atoms. The summed E-state index contributed by atoms with van der Waals surface area (Å²) in [7, 11) is 0. The van der Waals surface area contributed by atoms with Crippen molar-refractivity contribution in [2.75, 3.05) is 5.73 Å². The number of fused-ring (bicyclic) bond motifs is 1. The molecule has 0 radical (unpaired) electrons. The molecule has 1 aromatic carbocycles. The van der Waals surface area contributed by atoms with E-state index in [1.165, 1.54) is 6.07 Å². The lowest BCUT2D eigenvalue weighted by molar-refractivity contribution is 0.634. The second-order valence-electron chi connectivity index (χ2n) is 4.84. The van der Waals surface area contributed by atoms with Crippen LogP contribution in [0, 0.1) is 5.82 Å². The van der Waals surface area contributed by atoms with Gasteiger partial charge in [-0.2, -0.15) is 0 Å². The van der Waals surface area contributed by atoms with E-state index in [0.29, 0.717) is 0 Å². The minimum absolute atomic E-state index is 0.131. The molecule has 2 aromatic heterocycles. The molecule has 0 aliphatic carbocycles. The Morgan fingerprint density at radius 3 is 2.95 bits per heavy atom. The van der Waals surface area contributed by atoms with Crippen molar-refractivity contribution in [3.05, 3.63) is 60.4 Å². The van der Waals surface area contributed by atoms with E-state index in [0.717, 1.165) is 22.2 Å². The van der Waals surface area contributed by atoms with Crippen molar-refractivity contribution in [2.45, 2.75) is 6.92 Å². The topological polar surface area (TPSA) is 56.2 Å². The third-order valence-corrected chi connectivity index (χ3v) is 3.31. The van der Waals surface area contributed by atoms with E-state index in [2.05, 4.69) is 9.98 Å². The number of hydrogen-bond acceptors (Lipinski definition) is 3. The molecular formula is C17H15FN4. The molecule has 2 heterocycles. The van der Waals surface area contributed by atoms with Gasteiger partial charge in [0.25, 0.3) is 0 Å². The highest BCUT2D eigenvalue weighted by atomic mass is 19.1. The minimum Gasteiger partial charge on any atom is -0.396 e. The molecule has 0 aliphatic rings. The number of aliphatic imine (C=N–C) groups is 1. The molecule has 0 bridgehead atoms. The van der Waals surface area contributed by atoms with Gasteiger partial charge in [-0.1, -0.05) is 0 Å². The van der Waals surface area contributed by atoms with Crippen molar-refractivity contribution in [1.29, 1.82) is 0 Å². The summed E-state index contributed by atoms with van der Waals surface area (Å²) >= 11 is 0. The predicted octanol–water partition coefficient (Wildman–Crippen LogP) is 3.81. The van der Waals surface area contributed by atoms with Crippen LogP contribution >= 0.6 is 0 Å². The number of pyridine rings is 1. The monoisotopic (exact) mass is 294 g/mol. The van der Waals surface area contributed by atoms with Crippen LogP contribution in [0.3, 0.4) is 0 Å². The van der Waals surface area contributed by atoms with Crippen molar-refractivity contribution in [2.24, 2.45) is 4.99 Å². The van der Waals surface area contributed by atoms with Gasteiger partial charge in [0.05, 0.1) is 5.69 Å². The number of nitrogens with two attached hydrogens (primary N) is 1. The Morgan fingerprint density at radius 1 is 1.27 bits per heavy atom. The maximum atomic E-state index is 13.6. The maximum Gasteiger partial charge on any atom is 0.146 e. The highest BCUT2D eigenvalue weighted by Crippen LogP contribution is 2.22. The number of anilines is 1. The summed E-state index contributed by atoms with van der Waals surface area (Å²) in [4.78, 5) is 8.41. The third kappa shape index (κ3) is 2.74. The molecule has 110 valence electrons. The summed E-state index contributed by atoms with van der Waals surface area (Å²) in [6.45, 7) is 1.86.